The lowest BCUT2D eigenvalue weighted by molar-refractivity contribution is -0.127. The van der Waals surface area contributed by atoms with E-state index in [9.17, 15) is 4.79 Å². The highest BCUT2D eigenvalue weighted by Crippen LogP contribution is 2.11. The van der Waals surface area contributed by atoms with E-state index in [0.717, 1.165) is 23.6 Å². The molecule has 1 amide bonds. The first-order valence-electron chi connectivity index (χ1n) is 9.57. The van der Waals surface area contributed by atoms with Gasteiger partial charge in [0.1, 0.15) is 12.3 Å². The molecule has 29 heavy (non-hydrogen) atoms. The predicted octanol–water partition coefficient (Wildman–Crippen LogP) is 2.76. The molecule has 7 heteroatoms. The first-order valence-corrected chi connectivity index (χ1v) is 9.95. The molecule has 0 fully saturated rings. The number of methoxy groups -OCH3 is 1. The van der Waals surface area contributed by atoms with Crippen LogP contribution >= 0.6 is 11.6 Å². The van der Waals surface area contributed by atoms with Crippen LogP contribution in [0.25, 0.3) is 0 Å². The van der Waals surface area contributed by atoms with Crippen molar-refractivity contribution in [2.45, 2.75) is 12.8 Å². The predicted molar refractivity (Wildman–Crippen MR) is 119 cm³/mol. The minimum Gasteiger partial charge on any atom is -0.497 e. The fraction of sp³-hybridized carbons (Fsp3) is 0.364. The summed E-state index contributed by atoms with van der Waals surface area (Å²) in [6.45, 7) is 1.51. The third kappa shape index (κ3) is 8.44. The van der Waals surface area contributed by atoms with Crippen molar-refractivity contribution in [2.24, 2.45) is 4.99 Å². The van der Waals surface area contributed by atoms with E-state index in [1.165, 1.54) is 16.0 Å². The lowest BCUT2D eigenvalue weighted by Gasteiger charge is -2.14. The van der Waals surface area contributed by atoms with Gasteiger partial charge in [0.25, 0.3) is 0 Å². The monoisotopic (exact) mass is 416 g/mol. The number of likely N-dealkylation sites (N-methyl/N-ethyl adjacent to an activating group) is 1. The summed E-state index contributed by atoms with van der Waals surface area (Å²) in [5, 5.41) is 7.33. The summed E-state index contributed by atoms with van der Waals surface area (Å²) < 4.78 is 5.18. The summed E-state index contributed by atoms with van der Waals surface area (Å²) in [6.07, 6.45) is 1.67. The van der Waals surface area contributed by atoms with Crippen molar-refractivity contribution < 1.29 is 9.53 Å². The second-order valence-electron chi connectivity index (χ2n) is 6.78. The second-order valence-corrected chi connectivity index (χ2v) is 7.22. The van der Waals surface area contributed by atoms with Crippen LogP contribution in [0.5, 0.6) is 5.75 Å². The number of nitrogens with zero attached hydrogens (tertiary/aromatic N) is 2. The van der Waals surface area contributed by atoms with Gasteiger partial charge >= 0.3 is 0 Å². The first-order chi connectivity index (χ1) is 14.0. The Hall–Kier alpha value is -2.73. The molecular weight excluding hydrogens is 388 g/mol. The Morgan fingerprint density at radius 2 is 1.48 bits per heavy atom. The summed E-state index contributed by atoms with van der Waals surface area (Å²) in [5.74, 6) is 1.43. The van der Waals surface area contributed by atoms with E-state index in [1.807, 2.05) is 48.5 Å². The Kier molecular flexibility index (Phi) is 9.31. The Morgan fingerprint density at radius 1 is 0.966 bits per heavy atom. The fourth-order valence-electron chi connectivity index (χ4n) is 2.56. The summed E-state index contributed by atoms with van der Waals surface area (Å²) in [7, 11) is 5.11. The largest absolute Gasteiger partial charge is 0.497 e. The Bertz CT molecular complexity index is 789. The molecule has 2 aromatic carbocycles. The van der Waals surface area contributed by atoms with Gasteiger partial charge in [-0.2, -0.15) is 0 Å². The number of halogens is 1. The van der Waals surface area contributed by atoms with Gasteiger partial charge < -0.3 is 20.3 Å². The van der Waals surface area contributed by atoms with Gasteiger partial charge in [0.15, 0.2) is 5.96 Å². The maximum Gasteiger partial charge on any atom is 0.243 e. The number of rotatable bonds is 9. The molecule has 0 saturated heterocycles. The van der Waals surface area contributed by atoms with Crippen LogP contribution in [0.3, 0.4) is 0 Å². The number of benzene rings is 2. The first kappa shape index (κ1) is 22.6. The third-order valence-corrected chi connectivity index (χ3v) is 4.61. The molecule has 0 aliphatic carbocycles. The molecule has 2 N–H and O–H groups in total. The topological polar surface area (TPSA) is 66.0 Å². The molecule has 0 heterocycles. The van der Waals surface area contributed by atoms with Crippen LogP contribution in [0, 0.1) is 0 Å². The number of nitrogens with one attached hydrogen (secondary N) is 2. The number of carbonyl (C=O) groups is 1. The zero-order valence-electron chi connectivity index (χ0n) is 17.2. The van der Waals surface area contributed by atoms with Crippen molar-refractivity contribution in [3.8, 4) is 5.75 Å². The number of hydrogen-bond acceptors (Lipinski definition) is 3. The van der Waals surface area contributed by atoms with Crippen molar-refractivity contribution in [2.75, 3.05) is 40.8 Å². The molecule has 6 nitrogen and oxygen atoms in total. The number of hydrogen-bond donors (Lipinski definition) is 2. The lowest BCUT2D eigenvalue weighted by Crippen LogP contribution is -2.40. The van der Waals surface area contributed by atoms with E-state index in [4.69, 9.17) is 16.3 Å². The molecule has 0 aliphatic heterocycles. The minimum atomic E-state index is -0.0426. The van der Waals surface area contributed by atoms with Crippen molar-refractivity contribution in [1.29, 1.82) is 0 Å². The van der Waals surface area contributed by atoms with E-state index in [-0.39, 0.29) is 12.5 Å². The van der Waals surface area contributed by atoms with Gasteiger partial charge in [-0.1, -0.05) is 35.9 Å². The Balaban J connectivity index is 1.87. The van der Waals surface area contributed by atoms with Gasteiger partial charge in [-0.3, -0.25) is 4.79 Å². The molecule has 2 rings (SSSR count). The maximum absolute atomic E-state index is 11.9. The maximum atomic E-state index is 11.9. The smallest absolute Gasteiger partial charge is 0.243 e. The van der Waals surface area contributed by atoms with E-state index in [2.05, 4.69) is 15.6 Å². The summed E-state index contributed by atoms with van der Waals surface area (Å²) in [5.41, 5.74) is 2.38. The SMILES string of the molecule is COc1ccc(CCNC(=NCC(=O)N(C)C)NCCc2ccc(Cl)cc2)cc1. The van der Waals surface area contributed by atoms with Gasteiger partial charge in [0.2, 0.25) is 5.91 Å². The molecule has 0 aromatic heterocycles. The molecule has 0 aliphatic rings. The average Bonchev–Trinajstić information content (AvgIpc) is 2.73. The minimum absolute atomic E-state index is 0.0426. The molecule has 156 valence electrons. The third-order valence-electron chi connectivity index (χ3n) is 4.36. The van der Waals surface area contributed by atoms with Gasteiger partial charge in [0, 0.05) is 32.2 Å². The van der Waals surface area contributed by atoms with E-state index < -0.39 is 0 Å². The van der Waals surface area contributed by atoms with Crippen molar-refractivity contribution in [3.63, 3.8) is 0 Å². The van der Waals surface area contributed by atoms with E-state index in [1.54, 1.807) is 21.2 Å². The fourth-order valence-corrected chi connectivity index (χ4v) is 2.68. The molecule has 0 bridgehead atoms. The van der Waals surface area contributed by atoms with Gasteiger partial charge in [-0.05, 0) is 48.2 Å². The number of amides is 1. The molecule has 0 atom stereocenters. The standard InChI is InChI=1S/C22H29ClN4O2/c1-27(2)21(28)16-26-22(24-14-12-17-4-8-19(23)9-5-17)25-15-13-18-6-10-20(29-3)11-7-18/h4-11H,12-16H2,1-3H3,(H2,24,25,26). The molecule has 0 radical (unpaired) electrons. The molecule has 0 saturated carbocycles. The molecule has 0 unspecified atom stereocenters. The number of ether oxygens (including phenoxy) is 1. The van der Waals surface area contributed by atoms with Crippen LogP contribution in [0.4, 0.5) is 0 Å². The van der Waals surface area contributed by atoms with Gasteiger partial charge in [-0.15, -0.1) is 0 Å². The zero-order valence-corrected chi connectivity index (χ0v) is 18.0. The summed E-state index contributed by atoms with van der Waals surface area (Å²) >= 11 is 5.93. The highest BCUT2D eigenvalue weighted by Gasteiger charge is 2.05. The van der Waals surface area contributed by atoms with Crippen LogP contribution in [0.15, 0.2) is 53.5 Å². The average molecular weight is 417 g/mol. The number of guanidine groups is 1. The van der Waals surface area contributed by atoms with Crippen LogP contribution in [0.1, 0.15) is 11.1 Å². The highest BCUT2D eigenvalue weighted by atomic mass is 35.5. The Labute approximate surface area is 177 Å². The summed E-state index contributed by atoms with van der Waals surface area (Å²) in [6, 6.07) is 15.8. The van der Waals surface area contributed by atoms with Crippen LogP contribution < -0.4 is 15.4 Å². The number of carbonyl (C=O) groups excluding carboxylic acids is 1. The van der Waals surface area contributed by atoms with Gasteiger partial charge in [-0.25, -0.2) is 4.99 Å². The van der Waals surface area contributed by atoms with E-state index in [0.29, 0.717) is 19.0 Å². The summed E-state index contributed by atoms with van der Waals surface area (Å²) in [4.78, 5) is 17.8. The quantitative estimate of drug-likeness (QED) is 0.487. The normalized spacial score (nSPS) is 11.1. The lowest BCUT2D eigenvalue weighted by atomic mass is 10.1. The van der Waals surface area contributed by atoms with Crippen LogP contribution in [-0.4, -0.2) is 57.6 Å². The van der Waals surface area contributed by atoms with Crippen molar-refractivity contribution >= 4 is 23.5 Å². The molecular formula is C22H29ClN4O2. The zero-order chi connectivity index (χ0) is 21.1. The highest BCUT2D eigenvalue weighted by molar-refractivity contribution is 6.30. The Morgan fingerprint density at radius 3 is 1.97 bits per heavy atom. The number of aliphatic imine (C=N–C) groups is 1. The van der Waals surface area contributed by atoms with Crippen LogP contribution in [-0.2, 0) is 17.6 Å². The second kappa shape index (κ2) is 12.0. The molecule has 0 spiro atoms. The van der Waals surface area contributed by atoms with Crippen molar-refractivity contribution in [1.82, 2.24) is 15.5 Å². The van der Waals surface area contributed by atoms with Gasteiger partial charge in [0.05, 0.1) is 7.11 Å². The molecule has 2 aromatic rings. The van der Waals surface area contributed by atoms with Crippen LogP contribution in [0.2, 0.25) is 5.02 Å². The van der Waals surface area contributed by atoms with E-state index >= 15 is 0 Å². The van der Waals surface area contributed by atoms with Crippen molar-refractivity contribution in [3.05, 3.63) is 64.7 Å².